The van der Waals surface area contributed by atoms with Gasteiger partial charge in [0.2, 0.25) is 0 Å². The van der Waals surface area contributed by atoms with E-state index in [0.29, 0.717) is 0 Å². The molecule has 0 saturated carbocycles. The first kappa shape index (κ1) is 27.3. The fourth-order valence-electron chi connectivity index (χ4n) is 7.36. The molecule has 47 heavy (non-hydrogen) atoms. The van der Waals surface area contributed by atoms with Crippen molar-refractivity contribution in [3.8, 4) is 39.1 Å². The monoisotopic (exact) mass is 600 g/mol. The highest BCUT2D eigenvalue weighted by molar-refractivity contribution is 6.21. The average Bonchev–Trinajstić information content (AvgIpc) is 3.52. The van der Waals surface area contributed by atoms with Crippen molar-refractivity contribution in [3.63, 3.8) is 0 Å². The van der Waals surface area contributed by atoms with Gasteiger partial charge in [0, 0.05) is 12.1 Å². The first-order chi connectivity index (χ1) is 23.3. The van der Waals surface area contributed by atoms with E-state index in [1.54, 1.807) is 0 Å². The molecule has 9 rings (SSSR count). The van der Waals surface area contributed by atoms with Crippen LogP contribution >= 0.6 is 0 Å². The molecule has 2 heteroatoms. The Bertz CT molecular complexity index is 2550. The van der Waals surface area contributed by atoms with Crippen molar-refractivity contribution in [2.75, 3.05) is 0 Å². The second-order valence-corrected chi connectivity index (χ2v) is 12.2. The zero-order valence-electron chi connectivity index (χ0n) is 26.2. The van der Waals surface area contributed by atoms with Crippen molar-refractivity contribution in [2.24, 2.45) is 0 Å². The predicted octanol–water partition coefficient (Wildman–Crippen LogP) is 12.0. The van der Waals surface area contributed by atoms with Crippen LogP contribution in [0.25, 0.3) is 82.4 Å². The lowest BCUT2D eigenvalue weighted by Gasteiger charge is -2.18. The highest BCUT2D eigenvalue weighted by Crippen LogP contribution is 2.44. The Morgan fingerprint density at radius 3 is 1.70 bits per heavy atom. The van der Waals surface area contributed by atoms with E-state index < -0.39 is 0 Å². The van der Waals surface area contributed by atoms with Crippen LogP contribution in [0, 0.1) is 0 Å². The number of aromatic nitrogens is 2. The number of para-hydroxylation sites is 2. The maximum Gasteiger partial charge on any atom is 0.114 e. The lowest BCUT2D eigenvalue weighted by molar-refractivity contribution is 0.909. The first-order valence-corrected chi connectivity index (χ1v) is 16.4. The standard InChI is InChI=1S/C45H32N2/c1-2-43-46-41-21-10-11-22-42(41)47(43)36-26-25-32-28-35(24-23-33(32)29-36)45-39-19-8-6-17-37(39)44(38-18-7-9-20-40(38)45)34-16-12-15-31(27-34)30-13-4-3-5-14-30/h3-29H,2H2,1H3. The van der Waals surface area contributed by atoms with Gasteiger partial charge in [-0.2, -0.15) is 0 Å². The second kappa shape index (κ2) is 11.1. The van der Waals surface area contributed by atoms with E-state index in [4.69, 9.17) is 4.98 Å². The maximum absolute atomic E-state index is 4.91. The summed E-state index contributed by atoms with van der Waals surface area (Å²) in [5.74, 6) is 1.08. The van der Waals surface area contributed by atoms with Crippen molar-refractivity contribution in [1.29, 1.82) is 0 Å². The van der Waals surface area contributed by atoms with Crippen LogP contribution in [0.2, 0.25) is 0 Å². The van der Waals surface area contributed by atoms with Crippen LogP contribution in [-0.2, 0) is 6.42 Å². The summed E-state index contributed by atoms with van der Waals surface area (Å²) in [6, 6.07) is 59.5. The first-order valence-electron chi connectivity index (χ1n) is 16.4. The minimum atomic E-state index is 0.873. The highest BCUT2D eigenvalue weighted by Gasteiger charge is 2.18. The molecule has 0 radical (unpaired) electrons. The summed E-state index contributed by atoms with van der Waals surface area (Å²) in [5, 5.41) is 7.50. The Balaban J connectivity index is 1.23. The van der Waals surface area contributed by atoms with E-state index in [0.717, 1.165) is 29.0 Å². The molecule has 222 valence electrons. The molecule has 0 aliphatic heterocycles. The minimum Gasteiger partial charge on any atom is -0.296 e. The molecule has 0 saturated heterocycles. The summed E-state index contributed by atoms with van der Waals surface area (Å²) < 4.78 is 2.30. The van der Waals surface area contributed by atoms with Gasteiger partial charge in [0.05, 0.1) is 11.0 Å². The minimum absolute atomic E-state index is 0.873. The van der Waals surface area contributed by atoms with Crippen molar-refractivity contribution in [2.45, 2.75) is 13.3 Å². The zero-order valence-corrected chi connectivity index (χ0v) is 26.2. The number of fused-ring (bicyclic) bond motifs is 4. The largest absolute Gasteiger partial charge is 0.296 e. The summed E-state index contributed by atoms with van der Waals surface area (Å²) >= 11 is 0. The fraction of sp³-hybridized carbons (Fsp3) is 0.0444. The van der Waals surface area contributed by atoms with Crippen molar-refractivity contribution in [1.82, 2.24) is 9.55 Å². The molecule has 8 aromatic carbocycles. The van der Waals surface area contributed by atoms with Crippen molar-refractivity contribution < 1.29 is 0 Å². The molecule has 0 aliphatic rings. The predicted molar refractivity (Wildman–Crippen MR) is 199 cm³/mol. The summed E-state index contributed by atoms with van der Waals surface area (Å²) in [5.41, 5.74) is 10.8. The number of hydrogen-bond acceptors (Lipinski definition) is 1. The molecule has 0 N–H and O–H groups in total. The van der Waals surface area contributed by atoms with Gasteiger partial charge in [-0.15, -0.1) is 0 Å². The smallest absolute Gasteiger partial charge is 0.114 e. The number of rotatable bonds is 5. The third-order valence-corrected chi connectivity index (χ3v) is 9.51. The number of hydrogen-bond donors (Lipinski definition) is 0. The van der Waals surface area contributed by atoms with E-state index in [1.165, 1.54) is 65.7 Å². The van der Waals surface area contributed by atoms with Crippen LogP contribution < -0.4 is 0 Å². The van der Waals surface area contributed by atoms with E-state index in [2.05, 4.69) is 175 Å². The number of nitrogens with zero attached hydrogens (tertiary/aromatic N) is 2. The maximum atomic E-state index is 4.91. The summed E-state index contributed by atoms with van der Waals surface area (Å²) in [6.45, 7) is 2.17. The molecule has 1 aromatic heterocycles. The van der Waals surface area contributed by atoms with E-state index in [9.17, 15) is 0 Å². The van der Waals surface area contributed by atoms with Crippen LogP contribution in [0.1, 0.15) is 12.7 Å². The number of benzene rings is 8. The summed E-state index contributed by atoms with van der Waals surface area (Å²) in [7, 11) is 0. The Kier molecular flexibility index (Phi) is 6.46. The van der Waals surface area contributed by atoms with Crippen molar-refractivity contribution >= 4 is 43.4 Å². The third kappa shape index (κ3) is 4.53. The molecule has 0 bridgehead atoms. The Hall–Kier alpha value is -5.99. The van der Waals surface area contributed by atoms with E-state index >= 15 is 0 Å². The quantitative estimate of drug-likeness (QED) is 0.180. The van der Waals surface area contributed by atoms with Crippen LogP contribution in [0.4, 0.5) is 0 Å². The van der Waals surface area contributed by atoms with Crippen molar-refractivity contribution in [3.05, 3.63) is 170 Å². The van der Waals surface area contributed by atoms with Crippen LogP contribution in [0.3, 0.4) is 0 Å². The molecular weight excluding hydrogens is 569 g/mol. The summed E-state index contributed by atoms with van der Waals surface area (Å²) in [4.78, 5) is 4.91. The van der Waals surface area contributed by atoms with Gasteiger partial charge in [-0.3, -0.25) is 4.57 Å². The molecule has 9 aromatic rings. The third-order valence-electron chi connectivity index (χ3n) is 9.51. The average molecular weight is 601 g/mol. The van der Waals surface area contributed by atoms with E-state index in [1.807, 2.05) is 0 Å². The Morgan fingerprint density at radius 2 is 1.00 bits per heavy atom. The normalized spacial score (nSPS) is 11.6. The SMILES string of the molecule is CCc1nc2ccccc2n1-c1ccc2cc(-c3c4ccccc4c(-c4cccc(-c5ccccc5)c4)c4ccccc34)ccc2c1. The fourth-order valence-corrected chi connectivity index (χ4v) is 7.36. The van der Waals surface area contributed by atoms with Gasteiger partial charge in [0.1, 0.15) is 5.82 Å². The molecule has 0 amide bonds. The van der Waals surface area contributed by atoms with Gasteiger partial charge in [-0.1, -0.05) is 134 Å². The van der Waals surface area contributed by atoms with Gasteiger partial charge < -0.3 is 0 Å². The summed E-state index contributed by atoms with van der Waals surface area (Å²) in [6.07, 6.45) is 0.873. The van der Waals surface area contributed by atoms with Crippen LogP contribution in [0.5, 0.6) is 0 Å². The van der Waals surface area contributed by atoms with E-state index in [-0.39, 0.29) is 0 Å². The van der Waals surface area contributed by atoms with Crippen LogP contribution in [-0.4, -0.2) is 9.55 Å². The van der Waals surface area contributed by atoms with Crippen LogP contribution in [0.15, 0.2) is 164 Å². The molecule has 0 fully saturated rings. The lowest BCUT2D eigenvalue weighted by Crippen LogP contribution is -2.00. The lowest BCUT2D eigenvalue weighted by atomic mass is 9.85. The molecule has 1 heterocycles. The molecule has 0 atom stereocenters. The van der Waals surface area contributed by atoms with Gasteiger partial charge in [-0.25, -0.2) is 4.98 Å². The second-order valence-electron chi connectivity index (χ2n) is 12.2. The Labute approximate surface area is 274 Å². The molecule has 0 aliphatic carbocycles. The number of imidazole rings is 1. The molecule has 2 nitrogen and oxygen atoms in total. The molecule has 0 unspecified atom stereocenters. The number of aryl methyl sites for hydroxylation is 1. The molecule has 0 spiro atoms. The Morgan fingerprint density at radius 1 is 0.447 bits per heavy atom. The van der Waals surface area contributed by atoms with Gasteiger partial charge in [0.15, 0.2) is 0 Å². The van der Waals surface area contributed by atoms with Gasteiger partial charge in [-0.05, 0) is 102 Å². The highest BCUT2D eigenvalue weighted by atomic mass is 15.1. The topological polar surface area (TPSA) is 17.8 Å². The zero-order chi connectivity index (χ0) is 31.3. The molecular formula is C45H32N2. The van der Waals surface area contributed by atoms with Gasteiger partial charge in [0.25, 0.3) is 0 Å². The van der Waals surface area contributed by atoms with Gasteiger partial charge >= 0.3 is 0 Å².